The van der Waals surface area contributed by atoms with Crippen LogP contribution in [-0.4, -0.2) is 17.7 Å². The average molecular weight is 323 g/mol. The number of nitrogens with one attached hydrogen (secondary N) is 2. The summed E-state index contributed by atoms with van der Waals surface area (Å²) >= 11 is 11.5. The molecule has 2 amide bonds. The van der Waals surface area contributed by atoms with Gasteiger partial charge in [-0.15, -0.1) is 11.6 Å². The van der Waals surface area contributed by atoms with E-state index in [9.17, 15) is 9.59 Å². The van der Waals surface area contributed by atoms with Crippen LogP contribution in [0.5, 0.6) is 0 Å². The van der Waals surface area contributed by atoms with Crippen molar-refractivity contribution in [2.24, 2.45) is 0 Å². The average Bonchev–Trinajstić information content (AvgIpc) is 2.51. The van der Waals surface area contributed by atoms with E-state index in [0.717, 1.165) is 0 Å². The van der Waals surface area contributed by atoms with Crippen molar-refractivity contribution in [3.8, 4) is 0 Å². The fourth-order valence-corrected chi connectivity index (χ4v) is 1.91. The molecular weight excluding hydrogens is 311 g/mol. The van der Waals surface area contributed by atoms with E-state index in [1.54, 1.807) is 42.5 Å². The van der Waals surface area contributed by atoms with Crippen LogP contribution < -0.4 is 10.6 Å². The molecule has 0 aliphatic rings. The molecule has 4 nitrogen and oxygen atoms in total. The number of carbonyl (C=O) groups excluding carboxylic acids is 2. The van der Waals surface area contributed by atoms with E-state index in [4.69, 9.17) is 23.2 Å². The maximum absolute atomic E-state index is 12.1. The molecule has 0 radical (unpaired) electrons. The SMILES string of the molecule is O=C(CCl)Nc1ccc(Cl)c(NC(=O)c2ccccc2)c1. The summed E-state index contributed by atoms with van der Waals surface area (Å²) in [6, 6.07) is 13.6. The summed E-state index contributed by atoms with van der Waals surface area (Å²) in [5, 5.41) is 5.67. The van der Waals surface area contributed by atoms with Crippen molar-refractivity contribution in [3.05, 3.63) is 59.1 Å². The lowest BCUT2D eigenvalue weighted by molar-refractivity contribution is -0.113. The van der Waals surface area contributed by atoms with Gasteiger partial charge in [-0.25, -0.2) is 0 Å². The molecule has 6 heteroatoms. The first-order chi connectivity index (χ1) is 10.1. The van der Waals surface area contributed by atoms with E-state index in [-0.39, 0.29) is 17.7 Å². The molecule has 2 N–H and O–H groups in total. The Morgan fingerprint density at radius 3 is 2.38 bits per heavy atom. The maximum atomic E-state index is 12.1. The van der Waals surface area contributed by atoms with E-state index in [1.165, 1.54) is 0 Å². The quantitative estimate of drug-likeness (QED) is 0.842. The van der Waals surface area contributed by atoms with Crippen LogP contribution in [0.1, 0.15) is 10.4 Å². The topological polar surface area (TPSA) is 58.2 Å². The molecule has 0 unspecified atom stereocenters. The van der Waals surface area contributed by atoms with Gasteiger partial charge in [-0.2, -0.15) is 0 Å². The number of alkyl halides is 1. The third-order valence-electron chi connectivity index (χ3n) is 2.66. The highest BCUT2D eigenvalue weighted by Gasteiger charge is 2.09. The molecule has 0 aliphatic carbocycles. The Hall–Kier alpha value is -2.04. The van der Waals surface area contributed by atoms with Crippen molar-refractivity contribution in [3.63, 3.8) is 0 Å². The summed E-state index contributed by atoms with van der Waals surface area (Å²) in [4.78, 5) is 23.3. The third-order valence-corrected chi connectivity index (χ3v) is 3.23. The second-order valence-corrected chi connectivity index (χ2v) is 4.87. The van der Waals surface area contributed by atoms with Crippen LogP contribution in [0.4, 0.5) is 11.4 Å². The largest absolute Gasteiger partial charge is 0.325 e. The zero-order chi connectivity index (χ0) is 15.2. The predicted molar refractivity (Wildman–Crippen MR) is 85.2 cm³/mol. The number of carbonyl (C=O) groups is 2. The summed E-state index contributed by atoms with van der Waals surface area (Å²) in [7, 11) is 0. The molecule has 0 atom stereocenters. The Bertz CT molecular complexity index is 660. The van der Waals surface area contributed by atoms with Gasteiger partial charge in [-0.1, -0.05) is 29.8 Å². The zero-order valence-corrected chi connectivity index (χ0v) is 12.4. The number of amides is 2. The van der Waals surface area contributed by atoms with E-state index < -0.39 is 0 Å². The normalized spacial score (nSPS) is 10.0. The Labute approximate surface area is 132 Å². The molecule has 0 fully saturated rings. The molecule has 21 heavy (non-hydrogen) atoms. The van der Waals surface area contributed by atoms with Gasteiger partial charge in [0.15, 0.2) is 0 Å². The Morgan fingerprint density at radius 2 is 1.71 bits per heavy atom. The van der Waals surface area contributed by atoms with Gasteiger partial charge in [0.1, 0.15) is 5.88 Å². The van der Waals surface area contributed by atoms with Gasteiger partial charge >= 0.3 is 0 Å². The molecule has 0 bridgehead atoms. The number of halogens is 2. The smallest absolute Gasteiger partial charge is 0.255 e. The van der Waals surface area contributed by atoms with Gasteiger partial charge in [-0.05, 0) is 30.3 Å². The molecule has 0 heterocycles. The third kappa shape index (κ3) is 4.21. The van der Waals surface area contributed by atoms with Gasteiger partial charge in [0, 0.05) is 11.3 Å². The minimum atomic E-state index is -0.334. The highest BCUT2D eigenvalue weighted by atomic mass is 35.5. The molecule has 2 aromatic carbocycles. The van der Waals surface area contributed by atoms with Crippen molar-refractivity contribution in [2.75, 3.05) is 16.5 Å². The maximum Gasteiger partial charge on any atom is 0.255 e. The van der Waals surface area contributed by atoms with Gasteiger partial charge in [0.05, 0.1) is 10.7 Å². The monoisotopic (exact) mass is 322 g/mol. The first kappa shape index (κ1) is 15.4. The minimum absolute atomic E-state index is 0.145. The lowest BCUT2D eigenvalue weighted by Crippen LogP contribution is -2.14. The number of rotatable bonds is 4. The van der Waals surface area contributed by atoms with Crippen molar-refractivity contribution < 1.29 is 9.59 Å². The Balaban J connectivity index is 2.17. The van der Waals surface area contributed by atoms with Gasteiger partial charge in [-0.3, -0.25) is 9.59 Å². The van der Waals surface area contributed by atoms with Crippen LogP contribution in [0.15, 0.2) is 48.5 Å². The van der Waals surface area contributed by atoms with Crippen molar-refractivity contribution in [2.45, 2.75) is 0 Å². The first-order valence-electron chi connectivity index (χ1n) is 6.12. The Kier molecular flexibility index (Phi) is 5.20. The highest BCUT2D eigenvalue weighted by Crippen LogP contribution is 2.26. The lowest BCUT2D eigenvalue weighted by atomic mass is 10.2. The van der Waals surface area contributed by atoms with Gasteiger partial charge in [0.2, 0.25) is 5.91 Å². The summed E-state index contributed by atoms with van der Waals surface area (Å²) in [6.45, 7) is 0. The summed E-state index contributed by atoms with van der Waals surface area (Å²) < 4.78 is 0. The second-order valence-electron chi connectivity index (χ2n) is 4.20. The van der Waals surface area contributed by atoms with Crippen LogP contribution >= 0.6 is 23.2 Å². The Morgan fingerprint density at radius 1 is 1.00 bits per heavy atom. The van der Waals surface area contributed by atoms with Crippen LogP contribution in [0.2, 0.25) is 5.02 Å². The summed E-state index contributed by atoms with van der Waals surface area (Å²) in [5.41, 5.74) is 1.44. The van der Waals surface area contributed by atoms with Crippen LogP contribution in [0, 0.1) is 0 Å². The molecule has 0 aliphatic heterocycles. The molecule has 0 saturated heterocycles. The second kappa shape index (κ2) is 7.11. The first-order valence-corrected chi connectivity index (χ1v) is 7.03. The molecule has 108 valence electrons. The number of benzene rings is 2. The number of hydrogen-bond donors (Lipinski definition) is 2. The fourth-order valence-electron chi connectivity index (χ4n) is 1.68. The number of hydrogen-bond acceptors (Lipinski definition) is 2. The lowest BCUT2D eigenvalue weighted by Gasteiger charge is -2.10. The van der Waals surface area contributed by atoms with Crippen molar-refractivity contribution in [1.82, 2.24) is 0 Å². The molecule has 2 rings (SSSR count). The van der Waals surface area contributed by atoms with Gasteiger partial charge in [0.25, 0.3) is 5.91 Å². The number of anilines is 2. The molecule has 0 spiro atoms. The van der Waals surface area contributed by atoms with E-state index in [0.29, 0.717) is 22.0 Å². The summed E-state index contributed by atoms with van der Waals surface area (Å²) in [6.07, 6.45) is 0. The predicted octanol–water partition coefficient (Wildman–Crippen LogP) is 3.77. The molecule has 0 aromatic heterocycles. The molecule has 2 aromatic rings. The fraction of sp³-hybridized carbons (Fsp3) is 0.0667. The van der Waals surface area contributed by atoms with E-state index in [2.05, 4.69) is 10.6 Å². The van der Waals surface area contributed by atoms with Crippen LogP contribution in [-0.2, 0) is 4.79 Å². The molecule has 0 saturated carbocycles. The zero-order valence-electron chi connectivity index (χ0n) is 10.9. The van der Waals surface area contributed by atoms with E-state index >= 15 is 0 Å². The van der Waals surface area contributed by atoms with Crippen LogP contribution in [0.25, 0.3) is 0 Å². The van der Waals surface area contributed by atoms with Crippen molar-refractivity contribution in [1.29, 1.82) is 0 Å². The van der Waals surface area contributed by atoms with E-state index in [1.807, 2.05) is 6.07 Å². The van der Waals surface area contributed by atoms with Gasteiger partial charge < -0.3 is 10.6 Å². The summed E-state index contributed by atoms with van der Waals surface area (Å²) in [5.74, 6) is -0.758. The van der Waals surface area contributed by atoms with Crippen molar-refractivity contribution >= 4 is 46.4 Å². The standard InChI is InChI=1S/C15H12Cl2N2O2/c16-9-14(20)18-11-6-7-12(17)13(8-11)19-15(21)10-4-2-1-3-5-10/h1-8H,9H2,(H,18,20)(H,19,21). The molecular formula is C15H12Cl2N2O2. The van der Waals surface area contributed by atoms with Crippen LogP contribution in [0.3, 0.4) is 0 Å². The highest BCUT2D eigenvalue weighted by molar-refractivity contribution is 6.34. The minimum Gasteiger partial charge on any atom is -0.325 e.